The molecule has 0 aromatic carbocycles. The summed E-state index contributed by atoms with van der Waals surface area (Å²) in [6.45, 7) is 6.56. The molecule has 3 heterocycles. The molecule has 2 aromatic rings. The lowest BCUT2D eigenvalue weighted by Gasteiger charge is -2.39. The minimum absolute atomic E-state index is 0. The van der Waals surface area contributed by atoms with E-state index in [9.17, 15) is 4.79 Å². The molecular formula is C17H25ClN6O. The van der Waals surface area contributed by atoms with E-state index in [-0.39, 0.29) is 18.3 Å². The van der Waals surface area contributed by atoms with Gasteiger partial charge in [-0.25, -0.2) is 4.98 Å². The zero-order chi connectivity index (χ0) is 16.9. The van der Waals surface area contributed by atoms with Crippen LogP contribution in [0.4, 0.5) is 5.69 Å². The first-order valence-corrected chi connectivity index (χ1v) is 8.60. The van der Waals surface area contributed by atoms with Gasteiger partial charge in [-0.05, 0) is 38.2 Å². The number of amides is 1. The number of hydrogen-bond donors (Lipinski definition) is 2. The van der Waals surface area contributed by atoms with Gasteiger partial charge in [0.15, 0.2) is 5.65 Å². The Hall–Kier alpha value is -1.86. The van der Waals surface area contributed by atoms with E-state index < -0.39 is 5.54 Å². The van der Waals surface area contributed by atoms with Crippen LogP contribution >= 0.6 is 12.4 Å². The number of H-pyrrole nitrogens is 1. The van der Waals surface area contributed by atoms with Crippen LogP contribution in [0, 0.1) is 0 Å². The maximum atomic E-state index is 12.4. The van der Waals surface area contributed by atoms with Crippen LogP contribution in [0.5, 0.6) is 0 Å². The van der Waals surface area contributed by atoms with Gasteiger partial charge >= 0.3 is 0 Å². The second-order valence-corrected chi connectivity index (χ2v) is 7.47. The number of nitrogens with one attached hydrogen (secondary N) is 1. The van der Waals surface area contributed by atoms with E-state index in [2.05, 4.69) is 20.1 Å². The summed E-state index contributed by atoms with van der Waals surface area (Å²) in [4.78, 5) is 21.1. The monoisotopic (exact) mass is 364 g/mol. The topological polar surface area (TPSA) is 91.1 Å². The van der Waals surface area contributed by atoms with Crippen molar-refractivity contribution < 1.29 is 4.79 Å². The van der Waals surface area contributed by atoms with Crippen LogP contribution in [0.15, 0.2) is 12.4 Å². The first-order valence-electron chi connectivity index (χ1n) is 8.60. The van der Waals surface area contributed by atoms with Gasteiger partial charge in [-0.1, -0.05) is 0 Å². The van der Waals surface area contributed by atoms with E-state index >= 15 is 0 Å². The van der Waals surface area contributed by atoms with E-state index in [1.165, 1.54) is 24.1 Å². The number of halogens is 1. The molecule has 136 valence electrons. The average molecular weight is 365 g/mol. The third-order valence-electron chi connectivity index (χ3n) is 4.93. The Morgan fingerprint density at radius 1 is 1.24 bits per heavy atom. The predicted octanol–water partition coefficient (Wildman–Crippen LogP) is 1.64. The Bertz CT molecular complexity index is 771. The molecule has 1 aliphatic heterocycles. The number of aromatic amines is 1. The Morgan fingerprint density at radius 2 is 1.92 bits per heavy atom. The van der Waals surface area contributed by atoms with Crippen LogP contribution < -0.4 is 10.6 Å². The van der Waals surface area contributed by atoms with Crippen molar-refractivity contribution in [1.82, 2.24) is 20.1 Å². The molecule has 0 spiro atoms. The van der Waals surface area contributed by atoms with Gasteiger partial charge in [-0.2, -0.15) is 5.10 Å². The van der Waals surface area contributed by atoms with Crippen LogP contribution in [0.25, 0.3) is 11.0 Å². The number of nitrogens with zero attached hydrogens (tertiary/aromatic N) is 4. The third kappa shape index (κ3) is 3.30. The molecule has 0 unspecified atom stereocenters. The highest BCUT2D eigenvalue weighted by Gasteiger charge is 2.33. The molecule has 2 aromatic heterocycles. The summed E-state index contributed by atoms with van der Waals surface area (Å²) < 4.78 is 0. The second kappa shape index (κ2) is 6.46. The van der Waals surface area contributed by atoms with Gasteiger partial charge in [0.1, 0.15) is 0 Å². The molecule has 8 heteroatoms. The summed E-state index contributed by atoms with van der Waals surface area (Å²) in [6.07, 6.45) is 6.33. The minimum atomic E-state index is -0.810. The van der Waals surface area contributed by atoms with Crippen molar-refractivity contribution in [3.63, 3.8) is 0 Å². The molecule has 0 atom stereocenters. The van der Waals surface area contributed by atoms with Crippen molar-refractivity contribution in [2.45, 2.75) is 38.1 Å². The van der Waals surface area contributed by atoms with Gasteiger partial charge in [0, 0.05) is 32.4 Å². The van der Waals surface area contributed by atoms with Gasteiger partial charge < -0.3 is 15.5 Å². The molecule has 2 aliphatic rings. The SMILES string of the molecule is CC(C)(N)C(=O)N1CCN(c2c(C3CC3)cnc3[nH]ncc23)CC1.Cl. The molecule has 1 saturated heterocycles. The lowest BCUT2D eigenvalue weighted by atomic mass is 10.0. The van der Waals surface area contributed by atoms with E-state index in [4.69, 9.17) is 5.73 Å². The Morgan fingerprint density at radius 3 is 2.52 bits per heavy atom. The average Bonchev–Trinajstić information content (AvgIpc) is 3.29. The quantitative estimate of drug-likeness (QED) is 0.864. The van der Waals surface area contributed by atoms with Gasteiger partial charge in [-0.3, -0.25) is 9.89 Å². The van der Waals surface area contributed by atoms with Gasteiger partial charge in [-0.15, -0.1) is 12.4 Å². The summed E-state index contributed by atoms with van der Waals surface area (Å²) in [5.74, 6) is 0.641. The number of fused-ring (bicyclic) bond motifs is 1. The van der Waals surface area contributed by atoms with E-state index in [1.807, 2.05) is 17.3 Å². The number of pyridine rings is 1. The number of nitrogens with two attached hydrogens (primary N) is 1. The zero-order valence-corrected chi connectivity index (χ0v) is 15.5. The lowest BCUT2D eigenvalue weighted by molar-refractivity contribution is -0.136. The number of carbonyl (C=O) groups is 1. The van der Waals surface area contributed by atoms with Crippen LogP contribution in [0.2, 0.25) is 0 Å². The van der Waals surface area contributed by atoms with Crippen molar-refractivity contribution in [3.05, 3.63) is 18.0 Å². The van der Waals surface area contributed by atoms with Crippen molar-refractivity contribution in [1.29, 1.82) is 0 Å². The zero-order valence-electron chi connectivity index (χ0n) is 14.7. The van der Waals surface area contributed by atoms with Crippen LogP contribution in [0.3, 0.4) is 0 Å². The largest absolute Gasteiger partial charge is 0.367 e. The smallest absolute Gasteiger partial charge is 0.242 e. The summed E-state index contributed by atoms with van der Waals surface area (Å²) in [5, 5.41) is 8.20. The van der Waals surface area contributed by atoms with E-state index in [0.29, 0.717) is 19.0 Å². The first kappa shape index (κ1) is 17.9. The Kier molecular flexibility index (Phi) is 4.64. The van der Waals surface area contributed by atoms with Crippen LogP contribution in [0.1, 0.15) is 38.2 Å². The molecule has 25 heavy (non-hydrogen) atoms. The lowest BCUT2D eigenvalue weighted by Crippen LogP contribution is -2.57. The summed E-state index contributed by atoms with van der Waals surface area (Å²) >= 11 is 0. The van der Waals surface area contributed by atoms with Crippen molar-refractivity contribution in [2.24, 2.45) is 5.73 Å². The number of carbonyl (C=O) groups excluding carboxylic acids is 1. The van der Waals surface area contributed by atoms with Crippen LogP contribution in [-0.4, -0.2) is 57.7 Å². The fourth-order valence-electron chi connectivity index (χ4n) is 3.49. The first-order chi connectivity index (χ1) is 11.4. The predicted molar refractivity (Wildman–Crippen MR) is 100 cm³/mol. The molecule has 3 N–H and O–H groups in total. The molecule has 7 nitrogen and oxygen atoms in total. The Balaban J connectivity index is 0.00000182. The second-order valence-electron chi connectivity index (χ2n) is 7.47. The maximum absolute atomic E-state index is 12.4. The van der Waals surface area contributed by atoms with Crippen molar-refractivity contribution >= 4 is 35.0 Å². The molecule has 0 bridgehead atoms. The van der Waals surface area contributed by atoms with Crippen molar-refractivity contribution in [3.8, 4) is 0 Å². The molecule has 1 saturated carbocycles. The molecule has 0 radical (unpaired) electrons. The van der Waals surface area contributed by atoms with E-state index in [1.54, 1.807) is 13.8 Å². The number of hydrogen-bond acceptors (Lipinski definition) is 5. The molecular weight excluding hydrogens is 340 g/mol. The van der Waals surface area contributed by atoms with Crippen LogP contribution in [-0.2, 0) is 4.79 Å². The van der Waals surface area contributed by atoms with Gasteiger partial charge in [0.2, 0.25) is 5.91 Å². The number of piperazine rings is 1. The number of anilines is 1. The molecule has 1 amide bonds. The van der Waals surface area contributed by atoms with Gasteiger partial charge in [0.05, 0.1) is 22.8 Å². The number of rotatable bonds is 3. The molecule has 4 rings (SSSR count). The van der Waals surface area contributed by atoms with Gasteiger partial charge in [0.25, 0.3) is 0 Å². The molecule has 1 aliphatic carbocycles. The summed E-state index contributed by atoms with van der Waals surface area (Å²) in [6, 6.07) is 0. The highest BCUT2D eigenvalue weighted by molar-refractivity contribution is 5.91. The fraction of sp³-hybridized carbons (Fsp3) is 0.588. The summed E-state index contributed by atoms with van der Waals surface area (Å²) in [5.41, 5.74) is 8.55. The molecule has 2 fully saturated rings. The maximum Gasteiger partial charge on any atom is 0.242 e. The fourth-order valence-corrected chi connectivity index (χ4v) is 3.49. The number of aromatic nitrogens is 3. The highest BCUT2D eigenvalue weighted by atomic mass is 35.5. The Labute approximate surface area is 153 Å². The van der Waals surface area contributed by atoms with Crippen molar-refractivity contribution in [2.75, 3.05) is 31.1 Å². The van der Waals surface area contributed by atoms with E-state index in [0.717, 1.165) is 24.1 Å². The highest BCUT2D eigenvalue weighted by Crippen LogP contribution is 2.46. The minimum Gasteiger partial charge on any atom is -0.367 e. The normalized spacial score (nSPS) is 18.4. The third-order valence-corrected chi connectivity index (χ3v) is 4.93. The summed E-state index contributed by atoms with van der Waals surface area (Å²) in [7, 11) is 0. The standard InChI is InChI=1S/C17H24N6O.ClH/c1-17(2,18)16(24)23-7-5-22(6-8-23)14-12(11-3-4-11)9-19-15-13(14)10-20-21-15;/h9-11H,3-8,18H2,1-2H3,(H,19,20,21);1H.